The number of rotatable bonds is 8. The molecule has 28 heavy (non-hydrogen) atoms. The maximum Gasteiger partial charge on any atom is 0.233 e. The van der Waals surface area contributed by atoms with Crippen molar-refractivity contribution < 1.29 is 9.59 Å². The smallest absolute Gasteiger partial charge is 0.233 e. The van der Waals surface area contributed by atoms with Gasteiger partial charge >= 0.3 is 0 Å². The van der Waals surface area contributed by atoms with Gasteiger partial charge in [-0.1, -0.05) is 12.2 Å². The first-order chi connectivity index (χ1) is 13.5. The quantitative estimate of drug-likeness (QED) is 0.279. The molecule has 7 heteroatoms. The van der Waals surface area contributed by atoms with E-state index >= 15 is 0 Å². The van der Waals surface area contributed by atoms with Gasteiger partial charge < -0.3 is 10.6 Å². The SMILES string of the molecule is CCNC(=NCC(C)N(C)C1CC1)NCCN1C(=O)C2C3C=CC(C3)C2C1=O. The van der Waals surface area contributed by atoms with Crippen molar-refractivity contribution in [3.8, 4) is 0 Å². The number of likely N-dealkylation sites (tertiary alicyclic amines) is 1. The van der Waals surface area contributed by atoms with Crippen molar-refractivity contribution in [1.82, 2.24) is 20.4 Å². The van der Waals surface area contributed by atoms with Crippen LogP contribution in [0.25, 0.3) is 0 Å². The van der Waals surface area contributed by atoms with E-state index in [0.29, 0.717) is 19.1 Å². The van der Waals surface area contributed by atoms with Crippen molar-refractivity contribution >= 4 is 17.8 Å². The molecule has 0 aromatic heterocycles. The third-order valence-electron chi connectivity index (χ3n) is 6.87. The van der Waals surface area contributed by atoms with Crippen LogP contribution in [0.3, 0.4) is 0 Å². The van der Waals surface area contributed by atoms with E-state index in [2.05, 4.69) is 41.7 Å². The average Bonchev–Trinajstić information content (AvgIpc) is 3.26. The van der Waals surface area contributed by atoms with Crippen LogP contribution in [-0.2, 0) is 9.59 Å². The Hall–Kier alpha value is -1.89. The molecule has 0 spiro atoms. The van der Waals surface area contributed by atoms with Gasteiger partial charge in [-0.3, -0.25) is 24.4 Å². The molecule has 3 aliphatic carbocycles. The van der Waals surface area contributed by atoms with E-state index in [1.807, 2.05) is 6.92 Å². The molecular formula is C21H33N5O2. The highest BCUT2D eigenvalue weighted by atomic mass is 16.2. The van der Waals surface area contributed by atoms with E-state index in [1.165, 1.54) is 17.7 Å². The van der Waals surface area contributed by atoms with Crippen LogP contribution < -0.4 is 10.6 Å². The Kier molecular flexibility index (Phi) is 5.45. The summed E-state index contributed by atoms with van der Waals surface area (Å²) in [5.41, 5.74) is 0. The molecule has 2 saturated carbocycles. The summed E-state index contributed by atoms with van der Waals surface area (Å²) in [6, 6.07) is 1.12. The molecule has 0 aromatic rings. The molecule has 1 aliphatic heterocycles. The lowest BCUT2D eigenvalue weighted by molar-refractivity contribution is -0.140. The van der Waals surface area contributed by atoms with E-state index < -0.39 is 0 Å². The summed E-state index contributed by atoms with van der Waals surface area (Å²) in [5.74, 6) is 1.12. The molecule has 4 rings (SSSR count). The number of imide groups is 1. The van der Waals surface area contributed by atoms with Crippen molar-refractivity contribution in [3.63, 3.8) is 0 Å². The van der Waals surface area contributed by atoms with Crippen LogP contribution in [0.15, 0.2) is 17.1 Å². The molecule has 2 bridgehead atoms. The number of allylic oxidation sites excluding steroid dienone is 2. The molecular weight excluding hydrogens is 354 g/mol. The number of guanidine groups is 1. The van der Waals surface area contributed by atoms with Crippen LogP contribution in [0.2, 0.25) is 0 Å². The van der Waals surface area contributed by atoms with Crippen LogP contribution >= 0.6 is 0 Å². The second-order valence-electron chi connectivity index (χ2n) is 8.72. The van der Waals surface area contributed by atoms with Gasteiger partial charge in [-0.15, -0.1) is 0 Å². The van der Waals surface area contributed by atoms with Crippen molar-refractivity contribution in [2.24, 2.45) is 28.7 Å². The zero-order valence-electron chi connectivity index (χ0n) is 17.2. The van der Waals surface area contributed by atoms with Crippen LogP contribution in [-0.4, -0.2) is 72.9 Å². The lowest BCUT2D eigenvalue weighted by atomic mass is 9.85. The van der Waals surface area contributed by atoms with Gasteiger partial charge in [0.25, 0.3) is 0 Å². The Balaban J connectivity index is 1.28. The molecule has 4 aliphatic rings. The molecule has 1 heterocycles. The minimum atomic E-state index is -0.108. The van der Waals surface area contributed by atoms with Gasteiger partial charge in [-0.25, -0.2) is 0 Å². The number of nitrogens with one attached hydrogen (secondary N) is 2. The Morgan fingerprint density at radius 2 is 1.86 bits per heavy atom. The topological polar surface area (TPSA) is 77.0 Å². The summed E-state index contributed by atoms with van der Waals surface area (Å²) < 4.78 is 0. The van der Waals surface area contributed by atoms with Gasteiger partial charge in [0, 0.05) is 31.7 Å². The Morgan fingerprint density at radius 3 is 2.43 bits per heavy atom. The van der Waals surface area contributed by atoms with Gasteiger partial charge in [0.05, 0.1) is 18.4 Å². The minimum Gasteiger partial charge on any atom is -0.357 e. The zero-order valence-corrected chi connectivity index (χ0v) is 17.2. The maximum absolute atomic E-state index is 12.7. The third kappa shape index (κ3) is 3.56. The number of fused-ring (bicyclic) bond motifs is 5. The predicted molar refractivity (Wildman–Crippen MR) is 109 cm³/mol. The largest absolute Gasteiger partial charge is 0.357 e. The second kappa shape index (κ2) is 7.85. The predicted octanol–water partition coefficient (Wildman–Crippen LogP) is 0.831. The number of hydrogen-bond acceptors (Lipinski definition) is 4. The summed E-state index contributed by atoms with van der Waals surface area (Å²) in [7, 11) is 2.17. The lowest BCUT2D eigenvalue weighted by Crippen LogP contribution is -2.44. The standard InChI is InChI=1S/C21H33N5O2/c1-4-22-21(24-12-13(2)25(3)16-7-8-16)23-9-10-26-19(27)17-14-5-6-15(11-14)18(17)20(26)28/h5-6,13-18H,4,7-12H2,1-3H3,(H2,22,23,24). The fraction of sp³-hybridized carbons (Fsp3) is 0.762. The average molecular weight is 388 g/mol. The molecule has 1 saturated heterocycles. The lowest BCUT2D eigenvalue weighted by Gasteiger charge is -2.23. The first kappa shape index (κ1) is 19.4. The van der Waals surface area contributed by atoms with E-state index in [0.717, 1.165) is 31.5 Å². The van der Waals surface area contributed by atoms with Crippen molar-refractivity contribution in [3.05, 3.63) is 12.2 Å². The maximum atomic E-state index is 12.7. The zero-order chi connectivity index (χ0) is 19.8. The van der Waals surface area contributed by atoms with Gasteiger partial charge in [0.15, 0.2) is 5.96 Å². The fourth-order valence-electron chi connectivity index (χ4n) is 5.01. The number of hydrogen-bond donors (Lipinski definition) is 2. The summed E-state index contributed by atoms with van der Waals surface area (Å²) in [4.78, 5) is 34.0. The monoisotopic (exact) mass is 387 g/mol. The van der Waals surface area contributed by atoms with Gasteiger partial charge in [-0.05, 0) is 52.0 Å². The molecule has 7 nitrogen and oxygen atoms in total. The molecule has 0 aromatic carbocycles. The summed E-state index contributed by atoms with van der Waals surface area (Å²) in [6.45, 7) is 6.68. The fourth-order valence-corrected chi connectivity index (χ4v) is 5.01. The number of aliphatic imine (C=N–C) groups is 1. The van der Waals surface area contributed by atoms with Crippen LogP contribution in [0.1, 0.15) is 33.1 Å². The molecule has 2 amide bonds. The highest BCUT2D eigenvalue weighted by Crippen LogP contribution is 2.52. The number of likely N-dealkylation sites (N-methyl/N-ethyl adjacent to an activating group) is 1. The van der Waals surface area contributed by atoms with E-state index in [9.17, 15) is 9.59 Å². The van der Waals surface area contributed by atoms with E-state index in [4.69, 9.17) is 4.99 Å². The molecule has 2 N–H and O–H groups in total. The van der Waals surface area contributed by atoms with Crippen molar-refractivity contribution in [2.45, 2.75) is 45.2 Å². The number of carbonyl (C=O) groups is 2. The summed E-state index contributed by atoms with van der Waals surface area (Å²) in [6.07, 6.45) is 7.83. The van der Waals surface area contributed by atoms with E-state index in [-0.39, 0.29) is 35.5 Å². The normalized spacial score (nSPS) is 32.4. The highest BCUT2D eigenvalue weighted by molar-refractivity contribution is 6.06. The highest BCUT2D eigenvalue weighted by Gasteiger charge is 2.58. The molecule has 3 fully saturated rings. The molecule has 5 unspecified atom stereocenters. The van der Waals surface area contributed by atoms with Gasteiger partial charge in [0.1, 0.15) is 0 Å². The van der Waals surface area contributed by atoms with Gasteiger partial charge in [0.2, 0.25) is 11.8 Å². The Bertz CT molecular complexity index is 656. The van der Waals surface area contributed by atoms with Crippen LogP contribution in [0, 0.1) is 23.7 Å². The number of nitrogens with zero attached hydrogens (tertiary/aromatic N) is 3. The van der Waals surface area contributed by atoms with Crippen molar-refractivity contribution in [2.75, 3.05) is 33.2 Å². The van der Waals surface area contributed by atoms with Gasteiger partial charge in [-0.2, -0.15) is 0 Å². The van der Waals surface area contributed by atoms with Crippen LogP contribution in [0.5, 0.6) is 0 Å². The number of amides is 2. The van der Waals surface area contributed by atoms with Crippen molar-refractivity contribution in [1.29, 1.82) is 0 Å². The Morgan fingerprint density at radius 1 is 1.21 bits per heavy atom. The molecule has 0 radical (unpaired) electrons. The molecule has 5 atom stereocenters. The Labute approximate surface area is 167 Å². The third-order valence-corrected chi connectivity index (χ3v) is 6.87. The van der Waals surface area contributed by atoms with E-state index in [1.54, 1.807) is 0 Å². The van der Waals surface area contributed by atoms with Crippen LogP contribution in [0.4, 0.5) is 0 Å². The minimum absolute atomic E-state index is 0.0234. The second-order valence-corrected chi connectivity index (χ2v) is 8.72. The first-order valence-corrected chi connectivity index (χ1v) is 10.8. The first-order valence-electron chi connectivity index (χ1n) is 10.8. The molecule has 154 valence electrons. The summed E-state index contributed by atoms with van der Waals surface area (Å²) in [5, 5.41) is 6.55. The number of carbonyl (C=O) groups excluding carboxylic acids is 2. The summed E-state index contributed by atoms with van der Waals surface area (Å²) >= 11 is 0.